The lowest BCUT2D eigenvalue weighted by Crippen LogP contribution is -2.65. The molecule has 45 heavy (non-hydrogen) atoms. The molecule has 9 atom stereocenters. The lowest BCUT2D eigenvalue weighted by atomic mass is 9.33. The van der Waals surface area contributed by atoms with Crippen LogP contribution in [0.15, 0.2) is 51.7 Å². The predicted molar refractivity (Wildman–Crippen MR) is 184 cm³/mol. The van der Waals surface area contributed by atoms with Gasteiger partial charge >= 0.3 is 5.97 Å². The van der Waals surface area contributed by atoms with Crippen LogP contribution < -0.4 is 11.5 Å². The number of aryl methyl sites for hydroxylation is 1. The van der Waals surface area contributed by atoms with Gasteiger partial charge in [-0.3, -0.25) is 4.79 Å². The molecule has 0 amide bonds. The maximum absolute atomic E-state index is 13.1. The quantitative estimate of drug-likeness (QED) is 0.138. The summed E-state index contributed by atoms with van der Waals surface area (Å²) in [6.45, 7) is 19.2. The number of nitrogens with two attached hydrogens (primary N) is 2. The van der Waals surface area contributed by atoms with Crippen molar-refractivity contribution in [2.45, 2.75) is 107 Å². The van der Waals surface area contributed by atoms with Gasteiger partial charge in [-0.25, -0.2) is 0 Å². The first-order valence-electron chi connectivity index (χ1n) is 17.4. The number of rotatable bonds is 3. The number of nitrogens with zero attached hydrogens (tertiary/aromatic N) is 2. The number of carbonyl (C=O) groups is 1. The standard InChI is InChI=1S/C39H56N4O2/c1-23-9-11-26(12-10-23)21-27-22-36(6)29(35(4,5)32(27)42-43-34(40)41)16-17-38(8)30(36)14-13-28-31-25(3)24(2)15-18-39(31,33(44)45)20-19-37(28,38)7/h9-13,21,24-25,29-31H,14-20,22H2,1-8H3,(H,44,45)(H4,40,41,43)/b27-21+,42-32+/t24-,25+,29?,30?,31?,36+,37-,38-,39+/m1/s1. The maximum Gasteiger partial charge on any atom is 0.310 e. The van der Waals surface area contributed by atoms with Crippen LogP contribution in [-0.4, -0.2) is 22.7 Å². The summed E-state index contributed by atoms with van der Waals surface area (Å²) in [5, 5.41) is 19.7. The zero-order chi connectivity index (χ0) is 32.7. The lowest BCUT2D eigenvalue weighted by molar-refractivity contribution is -0.179. The molecule has 244 valence electrons. The van der Waals surface area contributed by atoms with E-state index in [1.807, 2.05) is 0 Å². The maximum atomic E-state index is 13.1. The van der Waals surface area contributed by atoms with Crippen LogP contribution in [0, 0.1) is 63.6 Å². The molecule has 0 bridgehead atoms. The Morgan fingerprint density at radius 2 is 1.64 bits per heavy atom. The number of hydrogen-bond acceptors (Lipinski definition) is 3. The molecule has 6 nitrogen and oxygen atoms in total. The minimum absolute atomic E-state index is 0.0172. The highest BCUT2D eigenvalue weighted by molar-refractivity contribution is 6.08. The average molecular weight is 613 g/mol. The molecule has 0 radical (unpaired) electrons. The normalized spacial score (nSPS) is 43.7. The summed E-state index contributed by atoms with van der Waals surface area (Å²) in [5.74, 6) is 1.34. The SMILES string of the molecule is Cc1ccc(/C=C2\C[C@@]3(C)C(CC[C@]4(C)C3CC=C3C5[C@@H](C)[C@H](C)CC[C@]5(C(=O)O)CC[C@]34C)C(C)(C)\C2=N\N=C(N)N)cc1. The molecule has 3 unspecified atom stereocenters. The van der Waals surface area contributed by atoms with Crippen molar-refractivity contribution in [3.8, 4) is 0 Å². The zero-order valence-electron chi connectivity index (χ0n) is 28.9. The molecule has 1 aromatic rings. The van der Waals surface area contributed by atoms with Crippen LogP contribution in [0.3, 0.4) is 0 Å². The summed E-state index contributed by atoms with van der Waals surface area (Å²) in [6, 6.07) is 8.70. The Morgan fingerprint density at radius 1 is 0.956 bits per heavy atom. The highest BCUT2D eigenvalue weighted by Crippen LogP contribution is 2.76. The number of allylic oxidation sites excluding steroid dienone is 3. The van der Waals surface area contributed by atoms with Crippen LogP contribution in [0.1, 0.15) is 111 Å². The fourth-order valence-electron chi connectivity index (χ4n) is 12.0. The van der Waals surface area contributed by atoms with Gasteiger partial charge < -0.3 is 16.6 Å². The highest BCUT2D eigenvalue weighted by atomic mass is 16.4. The van der Waals surface area contributed by atoms with Crippen molar-refractivity contribution >= 4 is 23.7 Å². The van der Waals surface area contributed by atoms with Crippen LogP contribution >= 0.6 is 0 Å². The molecular formula is C39H56N4O2. The van der Waals surface area contributed by atoms with E-state index < -0.39 is 11.4 Å². The van der Waals surface area contributed by atoms with Crippen molar-refractivity contribution in [1.29, 1.82) is 0 Å². The van der Waals surface area contributed by atoms with Gasteiger partial charge in [0.05, 0.1) is 11.1 Å². The van der Waals surface area contributed by atoms with E-state index in [1.165, 1.54) is 22.3 Å². The van der Waals surface area contributed by atoms with E-state index in [4.69, 9.17) is 16.6 Å². The van der Waals surface area contributed by atoms with Crippen molar-refractivity contribution in [3.63, 3.8) is 0 Å². The minimum Gasteiger partial charge on any atom is -0.481 e. The Labute approximate surface area is 270 Å². The number of guanidine groups is 1. The largest absolute Gasteiger partial charge is 0.481 e. The van der Waals surface area contributed by atoms with Crippen LogP contribution in [0.2, 0.25) is 0 Å². The second-order valence-electron chi connectivity index (χ2n) is 17.1. The molecule has 0 spiro atoms. The third-order valence-electron chi connectivity index (χ3n) is 14.7. The molecule has 5 aliphatic carbocycles. The van der Waals surface area contributed by atoms with Gasteiger partial charge in [-0.05, 0) is 121 Å². The van der Waals surface area contributed by atoms with Gasteiger partial charge in [-0.1, -0.05) is 89.9 Å². The number of fused-ring (bicyclic) bond motifs is 7. The summed E-state index contributed by atoms with van der Waals surface area (Å²) in [7, 11) is 0. The third-order valence-corrected chi connectivity index (χ3v) is 14.7. The van der Waals surface area contributed by atoms with Crippen molar-refractivity contribution in [3.05, 3.63) is 52.6 Å². The monoisotopic (exact) mass is 612 g/mol. The molecule has 4 saturated carbocycles. The number of carboxylic acid groups (broad SMARTS) is 1. The fourth-order valence-corrected chi connectivity index (χ4v) is 12.0. The van der Waals surface area contributed by atoms with E-state index >= 15 is 0 Å². The van der Waals surface area contributed by atoms with Gasteiger partial charge in [0, 0.05) is 5.41 Å². The molecule has 4 fully saturated rings. The third kappa shape index (κ3) is 4.51. The van der Waals surface area contributed by atoms with Crippen molar-refractivity contribution < 1.29 is 9.90 Å². The first-order valence-corrected chi connectivity index (χ1v) is 17.4. The molecule has 0 aromatic heterocycles. The van der Waals surface area contributed by atoms with E-state index in [2.05, 4.69) is 96.9 Å². The minimum atomic E-state index is -0.616. The van der Waals surface area contributed by atoms with Crippen LogP contribution in [0.25, 0.3) is 6.08 Å². The molecule has 6 rings (SSSR count). The van der Waals surface area contributed by atoms with Crippen molar-refractivity contribution in [1.82, 2.24) is 0 Å². The predicted octanol–water partition coefficient (Wildman–Crippen LogP) is 8.36. The topological polar surface area (TPSA) is 114 Å². The summed E-state index contributed by atoms with van der Waals surface area (Å²) in [6.07, 6.45) is 12.6. The lowest BCUT2D eigenvalue weighted by Gasteiger charge is -2.71. The zero-order valence-corrected chi connectivity index (χ0v) is 28.9. The van der Waals surface area contributed by atoms with E-state index in [9.17, 15) is 9.90 Å². The number of aliphatic carboxylic acids is 1. The smallest absolute Gasteiger partial charge is 0.310 e. The van der Waals surface area contributed by atoms with Crippen molar-refractivity contribution in [2.75, 3.05) is 0 Å². The van der Waals surface area contributed by atoms with E-state index in [1.54, 1.807) is 0 Å². The molecule has 1 aromatic carbocycles. The first-order chi connectivity index (χ1) is 21.0. The number of hydrogen-bond donors (Lipinski definition) is 3. The molecular weight excluding hydrogens is 556 g/mol. The van der Waals surface area contributed by atoms with Gasteiger partial charge in [0.25, 0.3) is 0 Å². The van der Waals surface area contributed by atoms with Crippen LogP contribution in [0.4, 0.5) is 0 Å². The second-order valence-corrected chi connectivity index (χ2v) is 17.1. The van der Waals surface area contributed by atoms with E-state index in [-0.39, 0.29) is 33.5 Å². The van der Waals surface area contributed by atoms with E-state index in [0.717, 1.165) is 57.1 Å². The van der Waals surface area contributed by atoms with E-state index in [0.29, 0.717) is 23.7 Å². The Bertz CT molecular complexity index is 1500. The molecule has 0 heterocycles. The average Bonchev–Trinajstić information content (AvgIpc) is 2.95. The fraction of sp³-hybridized carbons (Fsp3) is 0.667. The Hall–Kier alpha value is -2.89. The van der Waals surface area contributed by atoms with Gasteiger partial charge in [-0.2, -0.15) is 5.10 Å². The molecule has 5 N–H and O–H groups in total. The molecule has 0 aliphatic heterocycles. The van der Waals surface area contributed by atoms with Crippen LogP contribution in [-0.2, 0) is 4.79 Å². The Kier molecular flexibility index (Phi) is 7.53. The van der Waals surface area contributed by atoms with Gasteiger partial charge in [0.1, 0.15) is 0 Å². The summed E-state index contributed by atoms with van der Waals surface area (Å²) < 4.78 is 0. The highest BCUT2D eigenvalue weighted by Gasteiger charge is 2.69. The Balaban J connectivity index is 1.48. The van der Waals surface area contributed by atoms with Gasteiger partial charge in [0.2, 0.25) is 5.96 Å². The van der Waals surface area contributed by atoms with Crippen molar-refractivity contribution in [2.24, 2.45) is 78.3 Å². The molecule has 6 heteroatoms. The van der Waals surface area contributed by atoms with Crippen LogP contribution in [0.5, 0.6) is 0 Å². The van der Waals surface area contributed by atoms with Gasteiger partial charge in [-0.15, -0.1) is 5.10 Å². The molecule has 5 aliphatic rings. The summed E-state index contributed by atoms with van der Waals surface area (Å²) in [5.41, 5.74) is 17.0. The van der Waals surface area contributed by atoms with Gasteiger partial charge in [0.15, 0.2) is 0 Å². The second kappa shape index (κ2) is 10.6. The number of benzene rings is 1. The summed E-state index contributed by atoms with van der Waals surface area (Å²) >= 11 is 0. The first kappa shape index (κ1) is 32.1. The Morgan fingerprint density at radius 3 is 2.29 bits per heavy atom. The molecule has 0 saturated heterocycles. The summed E-state index contributed by atoms with van der Waals surface area (Å²) in [4.78, 5) is 13.1. The number of carboxylic acids is 1.